The Morgan fingerprint density at radius 1 is 0.477 bits per heavy atom. The van der Waals surface area contributed by atoms with Crippen molar-refractivity contribution in [3.8, 4) is 0 Å². The molecule has 0 aromatic carbocycles. The van der Waals surface area contributed by atoms with Gasteiger partial charge in [-0.15, -0.1) is 0 Å². The van der Waals surface area contributed by atoms with Crippen molar-refractivity contribution >= 4 is 13.8 Å². The fourth-order valence-corrected chi connectivity index (χ4v) is 7.17. The SMILES string of the molecule is CC/C=C\C/C=C\C/C=C\C/C=C\C/C=C\CCCCCCOCC(COP(=O)([O-])OCC[N+](C)(C)C)OC(=O)CCCCCCCCCCCC/C=C\C/C=C\C/C=C\C/C=C\CC. The Bertz CT molecular complexity index is 1400. The van der Waals surface area contributed by atoms with Crippen LogP contribution in [0.4, 0.5) is 0 Å². The zero-order valence-electron chi connectivity index (χ0n) is 42.1. The minimum atomic E-state index is -4.55. The Morgan fingerprint density at radius 3 is 1.26 bits per heavy atom. The first-order valence-corrected chi connectivity index (χ1v) is 27.1. The van der Waals surface area contributed by atoms with Gasteiger partial charge in [0.05, 0.1) is 34.4 Å². The van der Waals surface area contributed by atoms with Crippen LogP contribution in [0.15, 0.2) is 109 Å². The van der Waals surface area contributed by atoms with Crippen LogP contribution < -0.4 is 4.89 Å². The van der Waals surface area contributed by atoms with Crippen LogP contribution in [0, 0.1) is 0 Å². The van der Waals surface area contributed by atoms with E-state index in [-0.39, 0.29) is 25.8 Å². The third-order valence-electron chi connectivity index (χ3n) is 10.3. The number of phosphoric acid groups is 1. The summed E-state index contributed by atoms with van der Waals surface area (Å²) in [7, 11) is 1.32. The molecule has 0 radical (unpaired) electrons. The molecule has 0 aromatic rings. The predicted octanol–water partition coefficient (Wildman–Crippen LogP) is 15.3. The molecular weight excluding hydrogens is 830 g/mol. The van der Waals surface area contributed by atoms with E-state index < -0.39 is 13.9 Å². The zero-order chi connectivity index (χ0) is 47.6. The predicted molar refractivity (Wildman–Crippen MR) is 277 cm³/mol. The lowest BCUT2D eigenvalue weighted by molar-refractivity contribution is -0.870. The number of quaternary nitrogens is 1. The molecule has 0 fully saturated rings. The fraction of sp³-hybridized carbons (Fsp3) is 0.661. The quantitative estimate of drug-likeness (QED) is 0.0197. The Hall–Kier alpha value is -2.84. The molecule has 0 heterocycles. The molecule has 0 amide bonds. The Balaban J connectivity index is 4.23. The van der Waals surface area contributed by atoms with Crippen molar-refractivity contribution in [2.45, 2.75) is 187 Å². The van der Waals surface area contributed by atoms with Crippen LogP contribution in [0.5, 0.6) is 0 Å². The third-order valence-corrected chi connectivity index (χ3v) is 11.3. The largest absolute Gasteiger partial charge is 0.756 e. The molecule has 372 valence electrons. The van der Waals surface area contributed by atoms with Crippen LogP contribution in [-0.4, -0.2) is 70.7 Å². The molecule has 9 heteroatoms. The van der Waals surface area contributed by atoms with Gasteiger partial charge in [0.25, 0.3) is 7.82 Å². The summed E-state index contributed by atoms with van der Waals surface area (Å²) in [4.78, 5) is 25.2. The topological polar surface area (TPSA) is 94.1 Å². The fourth-order valence-electron chi connectivity index (χ4n) is 6.45. The second-order valence-electron chi connectivity index (χ2n) is 17.8. The maximum atomic E-state index is 12.8. The molecule has 0 N–H and O–H groups in total. The van der Waals surface area contributed by atoms with Gasteiger partial charge in [-0.05, 0) is 96.3 Å². The Morgan fingerprint density at radius 2 is 0.846 bits per heavy atom. The monoisotopic (exact) mass is 926 g/mol. The van der Waals surface area contributed by atoms with Gasteiger partial charge >= 0.3 is 5.97 Å². The number of likely N-dealkylation sites (N-methyl/N-ethyl adjacent to an activating group) is 1. The van der Waals surface area contributed by atoms with Gasteiger partial charge in [0.15, 0.2) is 0 Å². The normalized spacial score (nSPS) is 14.5. The number of carbonyl (C=O) groups is 1. The lowest BCUT2D eigenvalue weighted by atomic mass is 10.0. The van der Waals surface area contributed by atoms with Crippen LogP contribution in [0.1, 0.15) is 181 Å². The number of unbranched alkanes of at least 4 members (excludes halogenated alkanes) is 14. The highest BCUT2D eigenvalue weighted by molar-refractivity contribution is 7.45. The molecule has 2 unspecified atom stereocenters. The molecule has 0 saturated carbocycles. The van der Waals surface area contributed by atoms with Gasteiger partial charge in [-0.25, -0.2) is 0 Å². The summed E-state index contributed by atoms with van der Waals surface area (Å²) < 4.78 is 34.7. The number of allylic oxidation sites excluding steroid dienone is 18. The summed E-state index contributed by atoms with van der Waals surface area (Å²) in [5.74, 6) is -0.353. The van der Waals surface area contributed by atoms with Gasteiger partial charge in [-0.3, -0.25) is 9.36 Å². The van der Waals surface area contributed by atoms with E-state index in [0.29, 0.717) is 24.1 Å². The number of nitrogens with zero attached hydrogens (tertiary/aromatic N) is 1. The maximum absolute atomic E-state index is 12.8. The summed E-state index contributed by atoms with van der Waals surface area (Å²) in [5, 5.41) is 0. The van der Waals surface area contributed by atoms with Gasteiger partial charge in [0, 0.05) is 13.0 Å². The Labute approximate surface area is 400 Å². The average molecular weight is 926 g/mol. The number of rotatable bonds is 46. The molecular formula is C56H96NO7P. The van der Waals surface area contributed by atoms with E-state index in [1.165, 1.54) is 51.4 Å². The summed E-state index contributed by atoms with van der Waals surface area (Å²) in [6, 6.07) is 0. The van der Waals surface area contributed by atoms with E-state index >= 15 is 0 Å². The molecule has 0 aliphatic carbocycles. The van der Waals surface area contributed by atoms with Crippen molar-refractivity contribution in [2.75, 3.05) is 54.1 Å². The van der Waals surface area contributed by atoms with Crippen LogP contribution in [0.3, 0.4) is 0 Å². The van der Waals surface area contributed by atoms with Crippen LogP contribution in [0.2, 0.25) is 0 Å². The standard InChI is InChI=1S/C56H96NO7P/c1-6-8-10-12-14-16-18-20-22-24-26-28-29-30-31-33-35-37-39-41-43-45-47-49-56(58)64-55(54-63-65(59,60)62-52-50-57(3,4)5)53-61-51-48-46-44-42-40-38-36-34-32-27-25-23-21-19-17-15-13-11-9-7-2/h8-11,14-17,20-23,26-28,32,36,38,55H,6-7,12-13,18-19,24-25,29-31,33-35,37,39-54H2,1-5H3/b10-8-,11-9-,16-14-,17-15-,22-20-,23-21-,28-26-,32-27-,38-36-. The zero-order valence-corrected chi connectivity index (χ0v) is 43.0. The van der Waals surface area contributed by atoms with Gasteiger partial charge in [0.1, 0.15) is 19.3 Å². The van der Waals surface area contributed by atoms with Crippen molar-refractivity contribution in [3.63, 3.8) is 0 Å². The van der Waals surface area contributed by atoms with E-state index in [4.69, 9.17) is 18.5 Å². The van der Waals surface area contributed by atoms with E-state index in [1.807, 2.05) is 21.1 Å². The van der Waals surface area contributed by atoms with Crippen molar-refractivity contribution in [1.82, 2.24) is 0 Å². The van der Waals surface area contributed by atoms with Gasteiger partial charge in [-0.2, -0.15) is 0 Å². The average Bonchev–Trinajstić information content (AvgIpc) is 3.27. The number of hydrogen-bond donors (Lipinski definition) is 0. The van der Waals surface area contributed by atoms with Crippen LogP contribution >= 0.6 is 7.82 Å². The summed E-state index contributed by atoms with van der Waals surface area (Å²) in [5.41, 5.74) is 0. The first-order chi connectivity index (χ1) is 31.6. The first-order valence-electron chi connectivity index (χ1n) is 25.6. The first kappa shape index (κ1) is 62.2. The molecule has 0 aromatic heterocycles. The van der Waals surface area contributed by atoms with E-state index in [9.17, 15) is 14.3 Å². The molecule has 0 spiro atoms. The molecule has 8 nitrogen and oxygen atoms in total. The van der Waals surface area contributed by atoms with Crippen LogP contribution in [0.25, 0.3) is 0 Å². The van der Waals surface area contributed by atoms with Gasteiger partial charge in [-0.1, -0.05) is 187 Å². The molecule has 2 atom stereocenters. The minimum absolute atomic E-state index is 0.0135. The maximum Gasteiger partial charge on any atom is 0.306 e. The lowest BCUT2D eigenvalue weighted by Crippen LogP contribution is -2.37. The van der Waals surface area contributed by atoms with Gasteiger partial charge < -0.3 is 27.9 Å². The van der Waals surface area contributed by atoms with E-state index in [1.54, 1.807) is 0 Å². The second kappa shape index (κ2) is 47.6. The highest BCUT2D eigenvalue weighted by Gasteiger charge is 2.20. The minimum Gasteiger partial charge on any atom is -0.756 e. The Kier molecular flexibility index (Phi) is 45.6. The lowest BCUT2D eigenvalue weighted by Gasteiger charge is -2.28. The number of ether oxygens (including phenoxy) is 2. The molecule has 0 saturated heterocycles. The summed E-state index contributed by atoms with van der Waals surface area (Å²) in [6.45, 7) is 5.10. The second-order valence-corrected chi connectivity index (χ2v) is 19.2. The molecule has 0 aliphatic heterocycles. The third kappa shape index (κ3) is 52.0. The number of carbonyl (C=O) groups excluding carboxylic acids is 1. The summed E-state index contributed by atoms with van der Waals surface area (Å²) >= 11 is 0. The molecule has 0 aliphatic rings. The van der Waals surface area contributed by atoms with Crippen molar-refractivity contribution in [3.05, 3.63) is 109 Å². The highest BCUT2D eigenvalue weighted by Crippen LogP contribution is 2.38. The highest BCUT2D eigenvalue weighted by atomic mass is 31.2. The van der Waals surface area contributed by atoms with E-state index in [2.05, 4.69) is 123 Å². The summed E-state index contributed by atoms with van der Waals surface area (Å²) in [6.07, 6.45) is 66.8. The van der Waals surface area contributed by atoms with E-state index in [0.717, 1.165) is 109 Å². The van der Waals surface area contributed by atoms with Crippen molar-refractivity contribution in [2.24, 2.45) is 0 Å². The van der Waals surface area contributed by atoms with Crippen LogP contribution in [-0.2, 0) is 27.9 Å². The number of phosphoric ester groups is 1. The number of hydrogen-bond acceptors (Lipinski definition) is 7. The number of esters is 1. The molecule has 0 bridgehead atoms. The molecule has 0 rings (SSSR count). The van der Waals surface area contributed by atoms with Crippen molar-refractivity contribution < 1.29 is 37.3 Å². The van der Waals surface area contributed by atoms with Gasteiger partial charge in [0.2, 0.25) is 0 Å². The van der Waals surface area contributed by atoms with Crippen molar-refractivity contribution in [1.29, 1.82) is 0 Å². The smallest absolute Gasteiger partial charge is 0.306 e. The molecule has 65 heavy (non-hydrogen) atoms.